The predicted octanol–water partition coefficient (Wildman–Crippen LogP) is 3.60. The molecule has 0 heterocycles. The van der Waals surface area contributed by atoms with Crippen LogP contribution in [0.15, 0.2) is 12.1 Å². The van der Waals surface area contributed by atoms with Gasteiger partial charge in [0.2, 0.25) is 0 Å². The Morgan fingerprint density at radius 3 is 2.21 bits per heavy atom. The summed E-state index contributed by atoms with van der Waals surface area (Å²) < 4.78 is 24.8. The molecule has 0 saturated carbocycles. The van der Waals surface area contributed by atoms with E-state index in [0.717, 1.165) is 11.8 Å². The summed E-state index contributed by atoms with van der Waals surface area (Å²) in [6.45, 7) is 4.88. The zero-order valence-corrected chi connectivity index (χ0v) is 12.1. The van der Waals surface area contributed by atoms with E-state index in [1.54, 1.807) is 12.1 Å². The van der Waals surface area contributed by atoms with Crippen molar-refractivity contribution in [3.63, 3.8) is 0 Å². The third kappa shape index (κ3) is 3.46. The van der Waals surface area contributed by atoms with Crippen molar-refractivity contribution in [3.05, 3.63) is 23.3 Å². The average Bonchev–Trinajstić information content (AvgIpc) is 2.36. The minimum absolute atomic E-state index is 0.0673. The lowest BCUT2D eigenvalue weighted by Crippen LogP contribution is -2.15. The highest BCUT2D eigenvalue weighted by Gasteiger charge is 2.27. The molecule has 0 aliphatic carbocycles. The number of alkyl halides is 1. The predicted molar refractivity (Wildman–Crippen MR) is 72.8 cm³/mol. The van der Waals surface area contributed by atoms with Crippen LogP contribution in [0.2, 0.25) is 0 Å². The normalized spacial score (nSPS) is 12.9. The standard InChI is InChI=1S/C15H21FO3/c1-10(6-7-17)11-8-13(18-4)14(19-5)9-12(11)15(2,3)16/h7-10H,6H2,1-5H3. The summed E-state index contributed by atoms with van der Waals surface area (Å²) in [4.78, 5) is 10.7. The van der Waals surface area contributed by atoms with Gasteiger partial charge in [-0.3, -0.25) is 0 Å². The molecule has 19 heavy (non-hydrogen) atoms. The van der Waals surface area contributed by atoms with Gasteiger partial charge in [0, 0.05) is 6.42 Å². The topological polar surface area (TPSA) is 35.5 Å². The van der Waals surface area contributed by atoms with Crippen LogP contribution in [0.5, 0.6) is 11.5 Å². The van der Waals surface area contributed by atoms with Gasteiger partial charge in [-0.25, -0.2) is 4.39 Å². The molecule has 0 amide bonds. The second kappa shape index (κ2) is 6.04. The Morgan fingerprint density at radius 2 is 1.79 bits per heavy atom. The smallest absolute Gasteiger partial charge is 0.161 e. The first kappa shape index (κ1) is 15.5. The van der Waals surface area contributed by atoms with Crippen LogP contribution in [0.4, 0.5) is 4.39 Å². The Hall–Kier alpha value is -1.58. The van der Waals surface area contributed by atoms with Crippen LogP contribution < -0.4 is 9.47 Å². The van der Waals surface area contributed by atoms with E-state index in [0.29, 0.717) is 23.5 Å². The third-order valence-electron chi connectivity index (χ3n) is 3.18. The molecule has 0 spiro atoms. The average molecular weight is 268 g/mol. The molecule has 0 aliphatic rings. The molecule has 1 rings (SSSR count). The maximum absolute atomic E-state index is 14.3. The molecule has 0 bridgehead atoms. The van der Waals surface area contributed by atoms with E-state index in [2.05, 4.69) is 0 Å². The zero-order chi connectivity index (χ0) is 14.6. The molecule has 1 aromatic carbocycles. The van der Waals surface area contributed by atoms with Gasteiger partial charge in [-0.05, 0) is 43.0 Å². The molecular formula is C15H21FO3. The zero-order valence-electron chi connectivity index (χ0n) is 12.1. The van der Waals surface area contributed by atoms with Crippen LogP contribution in [0.1, 0.15) is 44.2 Å². The molecule has 0 fully saturated rings. The van der Waals surface area contributed by atoms with E-state index in [1.807, 2.05) is 6.92 Å². The van der Waals surface area contributed by atoms with Crippen molar-refractivity contribution >= 4 is 6.29 Å². The molecule has 1 atom stereocenters. The first-order chi connectivity index (χ1) is 8.85. The van der Waals surface area contributed by atoms with Gasteiger partial charge in [0.15, 0.2) is 11.5 Å². The highest BCUT2D eigenvalue weighted by molar-refractivity contribution is 5.55. The molecule has 106 valence electrons. The summed E-state index contributed by atoms with van der Waals surface area (Å²) in [6, 6.07) is 3.40. The van der Waals surface area contributed by atoms with Crippen LogP contribution in [0, 0.1) is 0 Å². The fraction of sp³-hybridized carbons (Fsp3) is 0.533. The van der Waals surface area contributed by atoms with Crippen molar-refractivity contribution in [1.29, 1.82) is 0 Å². The first-order valence-corrected chi connectivity index (χ1v) is 6.24. The number of ether oxygens (including phenoxy) is 2. The Labute approximate surface area is 113 Å². The molecule has 0 N–H and O–H groups in total. The molecule has 4 heteroatoms. The number of hydrogen-bond acceptors (Lipinski definition) is 3. The van der Waals surface area contributed by atoms with Gasteiger partial charge < -0.3 is 14.3 Å². The van der Waals surface area contributed by atoms with Crippen LogP contribution in [-0.4, -0.2) is 20.5 Å². The summed E-state index contributed by atoms with van der Waals surface area (Å²) >= 11 is 0. The van der Waals surface area contributed by atoms with E-state index in [-0.39, 0.29) is 5.92 Å². The largest absolute Gasteiger partial charge is 0.493 e. The lowest BCUT2D eigenvalue weighted by Gasteiger charge is -2.24. The minimum atomic E-state index is -1.51. The quantitative estimate of drug-likeness (QED) is 0.739. The molecule has 0 aliphatic heterocycles. The SMILES string of the molecule is COc1cc(C(C)CC=O)c(C(C)(C)F)cc1OC. The van der Waals surface area contributed by atoms with Crippen molar-refractivity contribution in [2.24, 2.45) is 0 Å². The lowest BCUT2D eigenvalue weighted by molar-refractivity contribution is -0.108. The van der Waals surface area contributed by atoms with Crippen molar-refractivity contribution in [1.82, 2.24) is 0 Å². The number of aldehydes is 1. The molecule has 0 aromatic heterocycles. The number of benzene rings is 1. The fourth-order valence-corrected chi connectivity index (χ4v) is 2.09. The van der Waals surface area contributed by atoms with Gasteiger partial charge in [-0.2, -0.15) is 0 Å². The lowest BCUT2D eigenvalue weighted by atomic mass is 9.86. The number of rotatable bonds is 6. The van der Waals surface area contributed by atoms with Crippen molar-refractivity contribution in [3.8, 4) is 11.5 Å². The monoisotopic (exact) mass is 268 g/mol. The molecule has 3 nitrogen and oxygen atoms in total. The first-order valence-electron chi connectivity index (χ1n) is 6.24. The van der Waals surface area contributed by atoms with Crippen LogP contribution in [0.25, 0.3) is 0 Å². The molecule has 0 radical (unpaired) electrons. The van der Waals surface area contributed by atoms with E-state index in [1.165, 1.54) is 28.1 Å². The summed E-state index contributed by atoms with van der Waals surface area (Å²) in [7, 11) is 3.05. The van der Waals surface area contributed by atoms with E-state index in [9.17, 15) is 9.18 Å². The van der Waals surface area contributed by atoms with Crippen molar-refractivity contribution < 1.29 is 18.7 Å². The fourth-order valence-electron chi connectivity index (χ4n) is 2.09. The maximum atomic E-state index is 14.3. The van der Waals surface area contributed by atoms with Gasteiger partial charge in [0.1, 0.15) is 12.0 Å². The number of halogens is 1. The molecular weight excluding hydrogens is 247 g/mol. The second-order valence-corrected chi connectivity index (χ2v) is 5.07. The summed E-state index contributed by atoms with van der Waals surface area (Å²) in [6.07, 6.45) is 1.19. The van der Waals surface area contributed by atoms with Gasteiger partial charge >= 0.3 is 0 Å². The van der Waals surface area contributed by atoms with Gasteiger partial charge in [0.25, 0.3) is 0 Å². The Morgan fingerprint density at radius 1 is 1.26 bits per heavy atom. The van der Waals surface area contributed by atoms with Crippen molar-refractivity contribution in [2.75, 3.05) is 14.2 Å². The molecule has 1 unspecified atom stereocenters. The summed E-state index contributed by atoms with van der Waals surface area (Å²) in [5.41, 5.74) is -0.205. The third-order valence-corrected chi connectivity index (χ3v) is 3.18. The van der Waals surface area contributed by atoms with Gasteiger partial charge in [-0.15, -0.1) is 0 Å². The number of methoxy groups -OCH3 is 2. The van der Waals surface area contributed by atoms with Crippen LogP contribution >= 0.6 is 0 Å². The van der Waals surface area contributed by atoms with Crippen molar-refractivity contribution in [2.45, 2.75) is 38.8 Å². The Bertz CT molecular complexity index is 449. The van der Waals surface area contributed by atoms with Gasteiger partial charge in [0.05, 0.1) is 14.2 Å². The highest BCUT2D eigenvalue weighted by atomic mass is 19.1. The summed E-state index contributed by atoms with van der Waals surface area (Å²) in [5.74, 6) is 0.968. The second-order valence-electron chi connectivity index (χ2n) is 5.07. The summed E-state index contributed by atoms with van der Waals surface area (Å²) in [5, 5.41) is 0. The molecule has 1 aromatic rings. The van der Waals surface area contributed by atoms with E-state index >= 15 is 0 Å². The van der Waals surface area contributed by atoms with Crippen LogP contribution in [0.3, 0.4) is 0 Å². The molecule has 0 saturated heterocycles. The number of carbonyl (C=O) groups is 1. The Kier molecular flexibility index (Phi) is 4.92. The highest BCUT2D eigenvalue weighted by Crippen LogP contribution is 2.40. The van der Waals surface area contributed by atoms with E-state index in [4.69, 9.17) is 9.47 Å². The maximum Gasteiger partial charge on any atom is 0.161 e. The Balaban J connectivity index is 3.44. The van der Waals surface area contributed by atoms with Crippen LogP contribution in [-0.2, 0) is 10.5 Å². The number of hydrogen-bond donors (Lipinski definition) is 0. The minimum Gasteiger partial charge on any atom is -0.493 e. The van der Waals surface area contributed by atoms with Gasteiger partial charge in [-0.1, -0.05) is 6.92 Å². The number of carbonyl (C=O) groups excluding carboxylic acids is 1. The van der Waals surface area contributed by atoms with E-state index < -0.39 is 5.67 Å².